The molecule has 0 aliphatic carbocycles. The zero-order valence-electron chi connectivity index (χ0n) is 22.8. The Morgan fingerprint density at radius 2 is 0.750 bits per heavy atom. The van der Waals surface area contributed by atoms with Gasteiger partial charge in [0.05, 0.1) is 0 Å². The molecule has 0 unspecified atom stereocenters. The molecule has 3 nitrogen and oxygen atoms in total. The van der Waals surface area contributed by atoms with Crippen molar-refractivity contribution < 1.29 is 26.0 Å². The van der Waals surface area contributed by atoms with Crippen LogP contribution in [-0.2, 0) is 26.0 Å². The van der Waals surface area contributed by atoms with E-state index >= 15 is 0 Å². The summed E-state index contributed by atoms with van der Waals surface area (Å²) in [5, 5.41) is 0. The van der Waals surface area contributed by atoms with Gasteiger partial charge >= 0.3 is 225 Å². The fourth-order valence-electron chi connectivity index (χ4n) is 3.58. The van der Waals surface area contributed by atoms with E-state index in [0.29, 0.717) is 22.7 Å². The van der Waals surface area contributed by atoms with Gasteiger partial charge in [-0.2, -0.15) is 0 Å². The molecule has 0 bridgehead atoms. The Labute approximate surface area is 224 Å². The Kier molecular flexibility index (Phi) is 22.6. The molecule has 0 atom stereocenters. The molecule has 0 amide bonds. The first-order valence-electron chi connectivity index (χ1n) is 13.8. The molecule has 202 valence electrons. The fraction of sp³-hybridized carbons (Fsp3) is 0.500. The van der Waals surface area contributed by atoms with Crippen molar-refractivity contribution >= 4 is 0 Å². The third-order valence-electron chi connectivity index (χ3n) is 5.81. The third-order valence-corrected chi connectivity index (χ3v) is 11.5. The average molecular weight is 533 g/mol. The van der Waals surface area contributed by atoms with Crippen molar-refractivity contribution in [3.8, 4) is 0 Å². The zero-order valence-corrected chi connectivity index (χ0v) is 24.4. The molecule has 0 fully saturated rings. The van der Waals surface area contributed by atoms with Crippen molar-refractivity contribution in [3.63, 3.8) is 0 Å². The van der Waals surface area contributed by atoms with Gasteiger partial charge in [0.1, 0.15) is 0 Å². The summed E-state index contributed by atoms with van der Waals surface area (Å²) in [6.45, 7) is 15.7. The van der Waals surface area contributed by atoms with Crippen LogP contribution in [0.25, 0.3) is 0 Å². The summed E-state index contributed by atoms with van der Waals surface area (Å²) >= 11 is -5.02. The van der Waals surface area contributed by atoms with Gasteiger partial charge in [0.25, 0.3) is 0 Å². The molecule has 4 heteroatoms. The van der Waals surface area contributed by atoms with E-state index in [0.717, 1.165) is 77.0 Å². The molecule has 0 rings (SSSR count). The number of unbranched alkanes of at least 4 members (excludes halogenated alkanes) is 8. The van der Waals surface area contributed by atoms with E-state index in [1.165, 1.54) is 0 Å². The summed E-state index contributed by atoms with van der Waals surface area (Å²) in [7, 11) is 0. The average Bonchev–Trinajstić information content (AvgIpc) is 2.87. The molecular formula is C32H52O3Ti. The van der Waals surface area contributed by atoms with Gasteiger partial charge in [0, 0.05) is 0 Å². The fourth-order valence-corrected chi connectivity index (χ4v) is 8.11. The summed E-state index contributed by atoms with van der Waals surface area (Å²) < 4.78 is 27.8. The summed E-state index contributed by atoms with van der Waals surface area (Å²) in [4.78, 5) is 0. The number of allylic oxidation sites excluding steroid dienone is 10. The number of hydrogen-bond acceptors (Lipinski definition) is 3. The summed E-state index contributed by atoms with van der Waals surface area (Å²) in [5.74, 6) is 0. The molecule has 36 heavy (non-hydrogen) atoms. The maximum absolute atomic E-state index is 14.6. The second-order valence-electron chi connectivity index (χ2n) is 9.16. The van der Waals surface area contributed by atoms with Gasteiger partial charge in [0.15, 0.2) is 0 Å². The molecule has 0 aliphatic heterocycles. The molecule has 0 aromatic rings. The third kappa shape index (κ3) is 19.5. The van der Waals surface area contributed by atoms with E-state index in [4.69, 9.17) is 6.64 Å². The van der Waals surface area contributed by atoms with Crippen LogP contribution in [0.15, 0.2) is 99.2 Å². The molecule has 0 aromatic heterocycles. The van der Waals surface area contributed by atoms with Crippen molar-refractivity contribution in [2.24, 2.45) is 0 Å². The molecule has 0 N–H and O–H groups in total. The molecule has 0 aliphatic rings. The molecule has 0 saturated heterocycles. The summed E-state index contributed by atoms with van der Waals surface area (Å²) in [5.41, 5.74) is 0. The van der Waals surface area contributed by atoms with Gasteiger partial charge in [-0.05, 0) is 0 Å². The molecular weight excluding hydrogens is 480 g/mol. The molecule has 0 spiro atoms. The van der Waals surface area contributed by atoms with E-state index in [9.17, 15) is 3.32 Å². The van der Waals surface area contributed by atoms with Crippen LogP contribution in [0.4, 0.5) is 0 Å². The minimum atomic E-state index is -5.02. The van der Waals surface area contributed by atoms with E-state index in [2.05, 4.69) is 50.6 Å². The van der Waals surface area contributed by atoms with Gasteiger partial charge in [-0.25, -0.2) is 0 Å². The predicted octanol–water partition coefficient (Wildman–Crippen LogP) is 10.4. The van der Waals surface area contributed by atoms with Gasteiger partial charge in [0.2, 0.25) is 0 Å². The van der Waals surface area contributed by atoms with Crippen LogP contribution in [0.3, 0.4) is 0 Å². The SMILES string of the molecule is C=CCCCC=CC[O][Ti](=[O])([CH2]C=CCCCC=C)([CH2]C=CCCCC=C)[O]CC=CCCCC=C. The Bertz CT molecular complexity index is 706. The number of hydrogen-bond donors (Lipinski definition) is 0. The van der Waals surface area contributed by atoms with Gasteiger partial charge < -0.3 is 0 Å². The van der Waals surface area contributed by atoms with E-state index in [-0.39, 0.29) is 0 Å². The van der Waals surface area contributed by atoms with Crippen LogP contribution in [0, 0.1) is 0 Å². The topological polar surface area (TPSA) is 35.5 Å². The zero-order chi connectivity index (χ0) is 26.7. The standard InChI is InChI=1S/2C8H13O.2C8H13.O.Ti/c2*1-2-3-4-5-6-7-8-9;2*1-3-5-7-8-6-4-2;;/h2*2,6-7H,1,3-5,8H2;2*3-5H,1-2,6-8H2;;/q2*-1;;;;+2. The van der Waals surface area contributed by atoms with E-state index < -0.39 is 16.1 Å². The first-order chi connectivity index (χ1) is 17.5. The van der Waals surface area contributed by atoms with Crippen molar-refractivity contribution in [3.05, 3.63) is 99.2 Å². The van der Waals surface area contributed by atoms with Crippen molar-refractivity contribution in [2.45, 2.75) is 86.5 Å². The molecule has 0 radical (unpaired) electrons. The second-order valence-corrected chi connectivity index (χ2v) is 15.6. The first kappa shape index (κ1) is 34.4. The van der Waals surface area contributed by atoms with Gasteiger partial charge in [-0.15, -0.1) is 0 Å². The maximum atomic E-state index is 14.6. The Morgan fingerprint density at radius 1 is 0.444 bits per heavy atom. The van der Waals surface area contributed by atoms with Crippen molar-refractivity contribution in [1.82, 2.24) is 0 Å². The van der Waals surface area contributed by atoms with E-state index in [1.54, 1.807) is 0 Å². The van der Waals surface area contributed by atoms with E-state index in [1.807, 2.05) is 48.6 Å². The van der Waals surface area contributed by atoms with Gasteiger partial charge in [-0.3, -0.25) is 0 Å². The Balaban J connectivity index is 5.49. The second kappa shape index (κ2) is 23.7. The summed E-state index contributed by atoms with van der Waals surface area (Å²) in [6, 6.07) is 0. The normalized spacial score (nSPS) is 12.8. The van der Waals surface area contributed by atoms with Crippen LogP contribution in [0.5, 0.6) is 0 Å². The predicted molar refractivity (Wildman–Crippen MR) is 155 cm³/mol. The minimum absolute atomic E-state index is 0.298. The van der Waals surface area contributed by atoms with Crippen LogP contribution in [0.2, 0.25) is 9.45 Å². The monoisotopic (exact) mass is 532 g/mol. The van der Waals surface area contributed by atoms with Crippen molar-refractivity contribution in [1.29, 1.82) is 0 Å². The quantitative estimate of drug-likeness (QED) is 0.0631. The van der Waals surface area contributed by atoms with Crippen molar-refractivity contribution in [2.75, 3.05) is 13.2 Å². The first-order valence-corrected chi connectivity index (χ1v) is 17.9. The van der Waals surface area contributed by atoms with Crippen LogP contribution < -0.4 is 0 Å². The molecule has 0 saturated carbocycles. The van der Waals surface area contributed by atoms with Crippen LogP contribution in [-0.4, -0.2) is 13.2 Å². The number of rotatable bonds is 26. The Hall–Kier alpha value is -1.65. The van der Waals surface area contributed by atoms with Gasteiger partial charge in [-0.1, -0.05) is 0 Å². The molecule has 0 aromatic carbocycles. The Morgan fingerprint density at radius 3 is 1.06 bits per heavy atom. The van der Waals surface area contributed by atoms with Crippen LogP contribution >= 0.6 is 0 Å². The summed E-state index contributed by atoms with van der Waals surface area (Å²) in [6.07, 6.45) is 35.9. The van der Waals surface area contributed by atoms with Crippen LogP contribution in [0.1, 0.15) is 77.0 Å². The molecule has 0 heterocycles.